The minimum Gasteiger partial charge on any atom is -0.394 e. The number of nitrogens with one attached hydrogen (secondary N) is 2. The van der Waals surface area contributed by atoms with Gasteiger partial charge in [-0.25, -0.2) is 0 Å². The van der Waals surface area contributed by atoms with Crippen LogP contribution in [0.3, 0.4) is 0 Å². The van der Waals surface area contributed by atoms with Crippen LogP contribution in [0.4, 0.5) is 5.69 Å². The number of para-hydroxylation sites is 1. The summed E-state index contributed by atoms with van der Waals surface area (Å²) in [6.07, 6.45) is 1.69. The Bertz CT molecular complexity index is 1260. The van der Waals surface area contributed by atoms with Gasteiger partial charge in [0.2, 0.25) is 17.7 Å². The number of fused-ring (bicyclic) bond motifs is 1. The summed E-state index contributed by atoms with van der Waals surface area (Å²) in [6.45, 7) is 5.82. The molecule has 7 atom stereocenters. The van der Waals surface area contributed by atoms with Gasteiger partial charge in [0.05, 0.1) is 40.8 Å². The average Bonchev–Trinajstić information content (AvgIpc) is 3.50. The predicted molar refractivity (Wildman–Crippen MR) is 148 cm³/mol. The number of carbonyl (C=O) groups excluding carboxylic acids is 3. The molecule has 3 amide bonds. The van der Waals surface area contributed by atoms with Crippen molar-refractivity contribution in [2.75, 3.05) is 11.9 Å². The van der Waals surface area contributed by atoms with Gasteiger partial charge in [-0.05, 0) is 43.4 Å². The highest BCUT2D eigenvalue weighted by atomic mass is 35.5. The lowest BCUT2D eigenvalue weighted by Crippen LogP contribution is -2.57. The van der Waals surface area contributed by atoms with Gasteiger partial charge < -0.3 is 25.4 Å². The average molecular weight is 554 g/mol. The molecule has 3 aliphatic rings. The number of benzene rings is 2. The molecule has 2 aromatic carbocycles. The minimum absolute atomic E-state index is 0.0806. The highest BCUT2D eigenvalue weighted by Crippen LogP contribution is 2.63. The molecule has 0 aromatic heterocycles. The lowest BCUT2D eigenvalue weighted by molar-refractivity contribution is -0.149. The molecule has 0 saturated carbocycles. The molecule has 1 spiro atoms. The van der Waals surface area contributed by atoms with E-state index in [1.165, 1.54) is 4.90 Å². The molecule has 3 fully saturated rings. The van der Waals surface area contributed by atoms with Gasteiger partial charge in [-0.3, -0.25) is 14.4 Å². The second kappa shape index (κ2) is 10.6. The molecule has 3 aliphatic heterocycles. The van der Waals surface area contributed by atoms with Gasteiger partial charge >= 0.3 is 0 Å². The first-order valence-electron chi connectivity index (χ1n) is 13.7. The van der Waals surface area contributed by atoms with Gasteiger partial charge in [0.25, 0.3) is 0 Å². The fraction of sp³-hybridized carbons (Fsp3) is 0.500. The third kappa shape index (κ3) is 4.52. The normalized spacial score (nSPS) is 30.6. The van der Waals surface area contributed by atoms with E-state index < -0.39 is 41.0 Å². The number of hydrogen-bond donors (Lipinski definition) is 3. The number of aliphatic hydroxyl groups is 1. The Hall–Kier alpha value is -2.94. The molecule has 0 radical (unpaired) electrons. The molecule has 208 valence electrons. The van der Waals surface area contributed by atoms with Crippen molar-refractivity contribution >= 4 is 35.0 Å². The Labute approximate surface area is 234 Å². The smallest absolute Gasteiger partial charge is 0.250 e. The molecular formula is C30H36ClN3O5. The van der Waals surface area contributed by atoms with Crippen LogP contribution in [0.25, 0.3) is 0 Å². The van der Waals surface area contributed by atoms with E-state index in [2.05, 4.69) is 10.6 Å². The molecule has 2 aromatic rings. The van der Waals surface area contributed by atoms with Gasteiger partial charge in [-0.1, -0.05) is 74.3 Å². The SMILES string of the molecule is CC[C@H](C)[C@H](CO)N1C(=O)[C@@H]2[C@@H](C(=O)NCc3ccccc3)[C@@]3(C)CCC2(O3)C1C(=O)Nc1ccccc1Cl. The molecule has 2 bridgehead atoms. The molecule has 5 rings (SSSR count). The van der Waals surface area contributed by atoms with Gasteiger partial charge in [0.1, 0.15) is 11.6 Å². The fourth-order valence-corrected chi connectivity index (χ4v) is 7.08. The van der Waals surface area contributed by atoms with Crippen molar-refractivity contribution in [2.24, 2.45) is 17.8 Å². The minimum atomic E-state index is -1.19. The Morgan fingerprint density at radius 2 is 1.82 bits per heavy atom. The van der Waals surface area contributed by atoms with Crippen LogP contribution in [0.15, 0.2) is 54.6 Å². The molecule has 3 heterocycles. The summed E-state index contributed by atoms with van der Waals surface area (Å²) in [5.74, 6) is -2.71. The summed E-state index contributed by atoms with van der Waals surface area (Å²) in [5, 5.41) is 16.7. The second-order valence-electron chi connectivity index (χ2n) is 11.3. The van der Waals surface area contributed by atoms with Crippen LogP contribution in [0.1, 0.15) is 45.6 Å². The van der Waals surface area contributed by atoms with Crippen molar-refractivity contribution < 1.29 is 24.2 Å². The molecule has 2 unspecified atom stereocenters. The third-order valence-electron chi connectivity index (χ3n) is 9.03. The summed E-state index contributed by atoms with van der Waals surface area (Å²) >= 11 is 6.34. The maximum absolute atomic E-state index is 14.3. The van der Waals surface area contributed by atoms with Crippen LogP contribution in [0, 0.1) is 17.8 Å². The van der Waals surface area contributed by atoms with E-state index in [9.17, 15) is 19.5 Å². The highest BCUT2D eigenvalue weighted by molar-refractivity contribution is 6.33. The van der Waals surface area contributed by atoms with Crippen molar-refractivity contribution in [3.63, 3.8) is 0 Å². The number of halogens is 1. The van der Waals surface area contributed by atoms with Gasteiger partial charge in [-0.2, -0.15) is 0 Å². The van der Waals surface area contributed by atoms with Gasteiger partial charge in [0, 0.05) is 6.54 Å². The topological polar surface area (TPSA) is 108 Å². The number of anilines is 1. The zero-order valence-corrected chi connectivity index (χ0v) is 23.3. The molecular weight excluding hydrogens is 518 g/mol. The van der Waals surface area contributed by atoms with Crippen LogP contribution in [0.2, 0.25) is 5.02 Å². The Balaban J connectivity index is 1.52. The standard InChI is InChI=1S/C30H36ClN3O5/c1-4-18(2)22(17-35)34-25(27(37)33-21-13-9-8-12-20(21)31)30-15-14-29(3,39-30)23(24(30)28(34)38)26(36)32-16-19-10-6-5-7-11-19/h5-13,18,22-25,35H,4,14-17H2,1-3H3,(H,32,36)(H,33,37)/t18-,22-,23-,24-,25?,29+,30?/m0/s1. The summed E-state index contributed by atoms with van der Waals surface area (Å²) in [5.41, 5.74) is -0.701. The maximum atomic E-state index is 14.3. The molecule has 8 nitrogen and oxygen atoms in total. The van der Waals surface area contributed by atoms with Crippen LogP contribution < -0.4 is 10.6 Å². The van der Waals surface area contributed by atoms with E-state index in [4.69, 9.17) is 16.3 Å². The first-order valence-corrected chi connectivity index (χ1v) is 14.0. The zero-order chi connectivity index (χ0) is 27.9. The lowest BCUT2D eigenvalue weighted by atomic mass is 9.66. The van der Waals surface area contributed by atoms with Crippen LogP contribution in [-0.2, 0) is 25.7 Å². The fourth-order valence-electron chi connectivity index (χ4n) is 6.89. The molecule has 3 saturated heterocycles. The Morgan fingerprint density at radius 3 is 2.49 bits per heavy atom. The van der Waals surface area contributed by atoms with E-state index >= 15 is 0 Å². The quantitative estimate of drug-likeness (QED) is 0.438. The zero-order valence-electron chi connectivity index (χ0n) is 22.5. The summed E-state index contributed by atoms with van der Waals surface area (Å²) in [4.78, 5) is 43.6. The van der Waals surface area contributed by atoms with E-state index in [-0.39, 0.29) is 24.3 Å². The number of likely N-dealkylation sites (tertiary alicyclic amines) is 1. The number of hydrogen-bond acceptors (Lipinski definition) is 5. The number of ether oxygens (including phenoxy) is 1. The highest BCUT2D eigenvalue weighted by Gasteiger charge is 2.78. The number of carbonyl (C=O) groups is 3. The van der Waals surface area contributed by atoms with Crippen molar-refractivity contribution in [3.8, 4) is 0 Å². The third-order valence-corrected chi connectivity index (χ3v) is 9.36. The Morgan fingerprint density at radius 1 is 1.13 bits per heavy atom. The van der Waals surface area contributed by atoms with Gasteiger partial charge in [0.15, 0.2) is 0 Å². The largest absolute Gasteiger partial charge is 0.394 e. The maximum Gasteiger partial charge on any atom is 0.250 e. The predicted octanol–water partition coefficient (Wildman–Crippen LogP) is 3.77. The molecule has 3 N–H and O–H groups in total. The summed E-state index contributed by atoms with van der Waals surface area (Å²) in [6, 6.07) is 14.9. The summed E-state index contributed by atoms with van der Waals surface area (Å²) in [7, 11) is 0. The van der Waals surface area contributed by atoms with Crippen molar-refractivity contribution in [2.45, 2.75) is 69.9 Å². The Kier molecular flexibility index (Phi) is 7.48. The monoisotopic (exact) mass is 553 g/mol. The number of aliphatic hydroxyl groups excluding tert-OH is 1. The van der Waals surface area contributed by atoms with Crippen molar-refractivity contribution in [3.05, 3.63) is 65.2 Å². The van der Waals surface area contributed by atoms with Crippen molar-refractivity contribution in [1.82, 2.24) is 10.2 Å². The molecule has 0 aliphatic carbocycles. The van der Waals surface area contributed by atoms with E-state index in [0.717, 1.165) is 5.56 Å². The first-order chi connectivity index (χ1) is 18.7. The number of amides is 3. The van der Waals surface area contributed by atoms with E-state index in [1.54, 1.807) is 24.3 Å². The first kappa shape index (κ1) is 27.6. The second-order valence-corrected chi connectivity index (χ2v) is 11.7. The molecule has 9 heteroatoms. The number of rotatable bonds is 9. The van der Waals surface area contributed by atoms with E-state index in [0.29, 0.717) is 36.5 Å². The van der Waals surface area contributed by atoms with Gasteiger partial charge in [-0.15, -0.1) is 0 Å². The summed E-state index contributed by atoms with van der Waals surface area (Å²) < 4.78 is 6.67. The van der Waals surface area contributed by atoms with Crippen LogP contribution in [-0.4, -0.2) is 57.6 Å². The number of nitrogens with zero attached hydrogens (tertiary/aromatic N) is 1. The molecule has 39 heavy (non-hydrogen) atoms. The van der Waals surface area contributed by atoms with E-state index in [1.807, 2.05) is 51.1 Å². The van der Waals surface area contributed by atoms with Crippen LogP contribution >= 0.6 is 11.6 Å². The van der Waals surface area contributed by atoms with Crippen LogP contribution in [0.5, 0.6) is 0 Å². The van der Waals surface area contributed by atoms with Crippen molar-refractivity contribution in [1.29, 1.82) is 0 Å². The lowest BCUT2D eigenvalue weighted by Gasteiger charge is -2.39.